The van der Waals surface area contributed by atoms with Crippen molar-refractivity contribution in [2.75, 3.05) is 11.6 Å². The van der Waals surface area contributed by atoms with Crippen LogP contribution in [-0.4, -0.2) is 35.7 Å². The first kappa shape index (κ1) is 10.7. The van der Waals surface area contributed by atoms with Gasteiger partial charge < -0.3 is 5.11 Å². The highest BCUT2D eigenvalue weighted by molar-refractivity contribution is 7.85. The Morgan fingerprint density at radius 1 is 1.55 bits per heavy atom. The number of carboxylic acids is 1. The van der Waals surface area contributed by atoms with E-state index >= 15 is 0 Å². The molecule has 0 saturated carbocycles. The Labute approximate surface area is 68.7 Å². The van der Waals surface area contributed by atoms with Crippen LogP contribution < -0.4 is 0 Å². The van der Waals surface area contributed by atoms with Gasteiger partial charge in [0.25, 0.3) is 10.1 Å². The van der Waals surface area contributed by atoms with Crippen molar-refractivity contribution in [1.82, 2.24) is 0 Å². The Hall–Kier alpha value is -0.330. The molecule has 0 spiro atoms. The number of rotatable bonds is 4. The maximum absolute atomic E-state index is 10.1. The molecule has 7 heteroatoms. The molecule has 0 aliphatic carbocycles. The molecule has 0 rings (SSSR count). The van der Waals surface area contributed by atoms with Crippen LogP contribution in [0.25, 0.3) is 0 Å². The summed E-state index contributed by atoms with van der Waals surface area (Å²) in [5, 5.41) is 8.28. The number of halogens is 1. The highest BCUT2D eigenvalue weighted by Gasteiger charge is 2.22. The minimum absolute atomic E-state index is 0.338. The molecule has 0 heterocycles. The van der Waals surface area contributed by atoms with Crippen LogP contribution in [0, 0.1) is 5.92 Å². The SMILES string of the molecule is O=C(O)C(CCl)CS(=O)(=O)O. The van der Waals surface area contributed by atoms with Gasteiger partial charge in [-0.05, 0) is 0 Å². The van der Waals surface area contributed by atoms with E-state index in [2.05, 4.69) is 0 Å². The third-order valence-corrected chi connectivity index (χ3v) is 2.14. The highest BCUT2D eigenvalue weighted by atomic mass is 35.5. The predicted molar refractivity (Wildman–Crippen MR) is 38.3 cm³/mol. The average molecular weight is 203 g/mol. The van der Waals surface area contributed by atoms with Crippen molar-refractivity contribution in [3.63, 3.8) is 0 Å². The highest BCUT2D eigenvalue weighted by Crippen LogP contribution is 2.03. The summed E-state index contributed by atoms with van der Waals surface area (Å²) >= 11 is 5.11. The Balaban J connectivity index is 4.22. The van der Waals surface area contributed by atoms with Crippen molar-refractivity contribution < 1.29 is 22.9 Å². The third-order valence-electron chi connectivity index (χ3n) is 0.947. The average Bonchev–Trinajstić information content (AvgIpc) is 1.80. The van der Waals surface area contributed by atoms with Crippen LogP contribution in [0.1, 0.15) is 0 Å². The van der Waals surface area contributed by atoms with Gasteiger partial charge in [0.1, 0.15) is 0 Å². The molecule has 0 bridgehead atoms. The summed E-state index contributed by atoms with van der Waals surface area (Å²) in [4.78, 5) is 10.1. The summed E-state index contributed by atoms with van der Waals surface area (Å²) in [5.41, 5.74) is 0. The van der Waals surface area contributed by atoms with Gasteiger partial charge in [-0.1, -0.05) is 0 Å². The molecule has 5 nitrogen and oxygen atoms in total. The van der Waals surface area contributed by atoms with E-state index in [1.54, 1.807) is 0 Å². The van der Waals surface area contributed by atoms with Crippen molar-refractivity contribution in [2.24, 2.45) is 5.92 Å². The molecule has 1 atom stereocenters. The van der Waals surface area contributed by atoms with Gasteiger partial charge in [-0.2, -0.15) is 8.42 Å². The van der Waals surface area contributed by atoms with Gasteiger partial charge in [-0.25, -0.2) is 0 Å². The van der Waals surface area contributed by atoms with Crippen molar-refractivity contribution in [2.45, 2.75) is 0 Å². The van der Waals surface area contributed by atoms with Crippen LogP contribution in [0.5, 0.6) is 0 Å². The van der Waals surface area contributed by atoms with Gasteiger partial charge in [-0.3, -0.25) is 9.35 Å². The largest absolute Gasteiger partial charge is 0.481 e. The molecule has 66 valence electrons. The fourth-order valence-corrected chi connectivity index (χ4v) is 1.58. The topological polar surface area (TPSA) is 91.7 Å². The van der Waals surface area contributed by atoms with Crippen LogP contribution in [0.4, 0.5) is 0 Å². The lowest BCUT2D eigenvalue weighted by molar-refractivity contribution is -0.140. The molecule has 0 aromatic heterocycles. The maximum Gasteiger partial charge on any atom is 0.308 e. The summed E-state index contributed by atoms with van der Waals surface area (Å²) in [6.45, 7) is 0. The quantitative estimate of drug-likeness (QED) is 0.487. The van der Waals surface area contributed by atoms with Crippen molar-refractivity contribution in [3.8, 4) is 0 Å². The van der Waals surface area contributed by atoms with Gasteiger partial charge in [0.05, 0.1) is 11.7 Å². The smallest absolute Gasteiger partial charge is 0.308 e. The second-order valence-corrected chi connectivity index (χ2v) is 3.74. The predicted octanol–water partition coefficient (Wildman–Crippen LogP) is -0.186. The number of alkyl halides is 1. The molecule has 11 heavy (non-hydrogen) atoms. The summed E-state index contributed by atoms with van der Waals surface area (Å²) in [6.07, 6.45) is 0. The Morgan fingerprint density at radius 2 is 2.00 bits per heavy atom. The van der Waals surface area contributed by atoms with Crippen molar-refractivity contribution in [3.05, 3.63) is 0 Å². The van der Waals surface area contributed by atoms with E-state index < -0.39 is 27.8 Å². The first-order valence-electron chi connectivity index (χ1n) is 2.60. The zero-order valence-corrected chi connectivity index (χ0v) is 6.97. The third kappa shape index (κ3) is 5.00. The van der Waals surface area contributed by atoms with Gasteiger partial charge in [0.2, 0.25) is 0 Å². The fourth-order valence-electron chi connectivity index (χ4n) is 0.436. The standard InChI is InChI=1S/C4H7ClO5S/c5-1-3(4(6)7)2-11(8,9)10/h3H,1-2H2,(H,6,7)(H,8,9,10). The van der Waals surface area contributed by atoms with Crippen LogP contribution in [0.2, 0.25) is 0 Å². The lowest BCUT2D eigenvalue weighted by atomic mass is 10.2. The molecule has 0 aliphatic rings. The van der Waals surface area contributed by atoms with Gasteiger partial charge >= 0.3 is 5.97 Å². The molecule has 0 saturated heterocycles. The number of aliphatic carboxylic acids is 1. The lowest BCUT2D eigenvalue weighted by Gasteiger charge is -2.04. The van der Waals surface area contributed by atoms with E-state index in [9.17, 15) is 13.2 Å². The Morgan fingerprint density at radius 3 is 2.09 bits per heavy atom. The van der Waals surface area contributed by atoms with Gasteiger partial charge in [0.15, 0.2) is 0 Å². The monoisotopic (exact) mass is 202 g/mol. The second-order valence-electron chi connectivity index (χ2n) is 1.94. The Bertz CT molecular complexity index is 233. The molecule has 0 fully saturated rings. The zero-order chi connectivity index (χ0) is 9.07. The summed E-state index contributed by atoms with van der Waals surface area (Å²) in [7, 11) is -4.25. The van der Waals surface area contributed by atoms with E-state index in [1.165, 1.54) is 0 Å². The maximum atomic E-state index is 10.1. The van der Waals surface area contributed by atoms with E-state index in [4.69, 9.17) is 21.3 Å². The first-order valence-corrected chi connectivity index (χ1v) is 4.75. The fraction of sp³-hybridized carbons (Fsp3) is 0.750. The lowest BCUT2D eigenvalue weighted by Crippen LogP contribution is -2.24. The molecule has 1 unspecified atom stereocenters. The van der Waals surface area contributed by atoms with Gasteiger partial charge in [-0.15, -0.1) is 11.6 Å². The zero-order valence-electron chi connectivity index (χ0n) is 5.40. The van der Waals surface area contributed by atoms with Crippen LogP contribution in [-0.2, 0) is 14.9 Å². The van der Waals surface area contributed by atoms with Crippen LogP contribution in [0.15, 0.2) is 0 Å². The van der Waals surface area contributed by atoms with E-state index in [0.29, 0.717) is 0 Å². The molecule has 0 radical (unpaired) electrons. The minimum Gasteiger partial charge on any atom is -0.481 e. The molecule has 0 aromatic rings. The Kier molecular flexibility index (Phi) is 3.77. The van der Waals surface area contributed by atoms with Crippen LogP contribution in [0.3, 0.4) is 0 Å². The summed E-state index contributed by atoms with van der Waals surface area (Å²) in [5.74, 6) is -3.76. The minimum atomic E-state index is -4.25. The number of carboxylic acid groups (broad SMARTS) is 1. The number of hydrogen-bond donors (Lipinski definition) is 2. The van der Waals surface area contributed by atoms with E-state index in [-0.39, 0.29) is 5.88 Å². The number of carbonyl (C=O) groups is 1. The molecule has 2 N–H and O–H groups in total. The first-order chi connectivity index (χ1) is 4.87. The molecular weight excluding hydrogens is 196 g/mol. The summed E-state index contributed by atoms with van der Waals surface area (Å²) < 4.78 is 28.5. The molecular formula is C4H7ClO5S. The molecule has 0 aromatic carbocycles. The van der Waals surface area contributed by atoms with E-state index in [0.717, 1.165) is 0 Å². The molecule has 0 aliphatic heterocycles. The second kappa shape index (κ2) is 3.89. The van der Waals surface area contributed by atoms with Crippen molar-refractivity contribution in [1.29, 1.82) is 0 Å². The van der Waals surface area contributed by atoms with Crippen LogP contribution >= 0.6 is 11.6 Å². The van der Waals surface area contributed by atoms with Crippen molar-refractivity contribution >= 4 is 27.7 Å². The normalized spacial score (nSPS) is 14.4. The van der Waals surface area contributed by atoms with E-state index in [1.807, 2.05) is 0 Å². The summed E-state index contributed by atoms with van der Waals surface area (Å²) in [6, 6.07) is 0. The molecule has 0 amide bonds. The van der Waals surface area contributed by atoms with Gasteiger partial charge in [0, 0.05) is 5.88 Å². The number of hydrogen-bond acceptors (Lipinski definition) is 3.